The minimum absolute atomic E-state index is 0.159. The lowest BCUT2D eigenvalue weighted by Gasteiger charge is -2.63. The first-order valence-corrected chi connectivity index (χ1v) is 11.4. The molecule has 2 aliphatic heterocycles. The van der Waals surface area contributed by atoms with Crippen molar-refractivity contribution in [2.75, 3.05) is 7.05 Å². The zero-order chi connectivity index (χ0) is 20.1. The van der Waals surface area contributed by atoms with Gasteiger partial charge in [-0.2, -0.15) is 0 Å². The largest absolute Gasteiger partial charge is 0.316 e. The van der Waals surface area contributed by atoms with Gasteiger partial charge in [0, 0.05) is 17.6 Å². The molecule has 3 N–H and O–H groups in total. The fourth-order valence-electron chi connectivity index (χ4n) is 7.46. The molecule has 4 heteroatoms. The maximum absolute atomic E-state index is 6.66. The maximum Gasteiger partial charge on any atom is 0.0574 e. The molecule has 0 aromatic rings. The van der Waals surface area contributed by atoms with Gasteiger partial charge in [-0.1, -0.05) is 27.7 Å². The van der Waals surface area contributed by atoms with E-state index in [2.05, 4.69) is 81.9 Å². The lowest BCUT2D eigenvalue weighted by molar-refractivity contribution is -0.104. The highest BCUT2D eigenvalue weighted by atomic mass is 31.0. The second-order valence-corrected chi connectivity index (χ2v) is 11.9. The third kappa shape index (κ3) is 3.88. The second kappa shape index (κ2) is 7.62. The van der Waals surface area contributed by atoms with Crippen LogP contribution in [0.3, 0.4) is 0 Å². The van der Waals surface area contributed by atoms with Gasteiger partial charge < -0.3 is 11.1 Å². The Hall–Kier alpha value is 0.310. The van der Waals surface area contributed by atoms with Crippen LogP contribution in [-0.2, 0) is 0 Å². The minimum Gasteiger partial charge on any atom is -0.316 e. The van der Waals surface area contributed by atoms with Crippen molar-refractivity contribution in [2.24, 2.45) is 28.4 Å². The summed E-state index contributed by atoms with van der Waals surface area (Å²) in [6, 6.07) is 1.06. The Balaban J connectivity index is 2.59. The molecule has 2 rings (SSSR count). The molecule has 154 valence electrons. The molecule has 0 aromatic heterocycles. The first kappa shape index (κ1) is 22.6. The summed E-state index contributed by atoms with van der Waals surface area (Å²) in [7, 11) is 5.51. The van der Waals surface area contributed by atoms with Gasteiger partial charge in [0.15, 0.2) is 0 Å². The fourth-order valence-corrected chi connectivity index (χ4v) is 8.97. The van der Waals surface area contributed by atoms with Crippen LogP contribution in [0.4, 0.5) is 0 Å². The Bertz CT molecular complexity index is 492. The van der Waals surface area contributed by atoms with Gasteiger partial charge in [-0.05, 0) is 88.8 Å². The molecule has 2 heterocycles. The van der Waals surface area contributed by atoms with E-state index in [-0.39, 0.29) is 22.5 Å². The highest BCUT2D eigenvalue weighted by molar-refractivity contribution is 7.17. The van der Waals surface area contributed by atoms with Crippen LogP contribution in [0.1, 0.15) is 81.1 Å². The van der Waals surface area contributed by atoms with Crippen LogP contribution in [0.15, 0.2) is 0 Å². The van der Waals surface area contributed by atoms with Crippen molar-refractivity contribution in [2.45, 2.75) is 111 Å². The van der Waals surface area contributed by atoms with Crippen molar-refractivity contribution in [3.63, 3.8) is 0 Å². The summed E-state index contributed by atoms with van der Waals surface area (Å²) in [6.07, 6.45) is 4.88. The molecule has 0 aromatic carbocycles. The van der Waals surface area contributed by atoms with Crippen molar-refractivity contribution < 1.29 is 0 Å². The zero-order valence-electron chi connectivity index (χ0n) is 18.9. The Labute approximate surface area is 165 Å². The maximum atomic E-state index is 6.66. The zero-order valence-corrected chi connectivity index (χ0v) is 20.0. The van der Waals surface area contributed by atoms with Crippen molar-refractivity contribution in [1.82, 2.24) is 10.2 Å². The normalized spacial score (nSPS) is 47.7. The second-order valence-electron chi connectivity index (χ2n) is 11.1. The van der Waals surface area contributed by atoms with E-state index in [1.165, 1.54) is 19.3 Å². The quantitative estimate of drug-likeness (QED) is 0.607. The number of nitrogens with two attached hydrogens (primary N) is 1. The number of hydrogen-bond donors (Lipinski definition) is 2. The van der Waals surface area contributed by atoms with Crippen LogP contribution >= 0.6 is 9.24 Å². The third-order valence-electron chi connectivity index (χ3n) is 8.10. The highest BCUT2D eigenvalue weighted by Gasteiger charge is 2.58. The summed E-state index contributed by atoms with van der Waals surface area (Å²) in [5.74, 6) is 1.24. The smallest absolute Gasteiger partial charge is 0.0574 e. The number of nitrogens with one attached hydrogen (secondary N) is 1. The summed E-state index contributed by atoms with van der Waals surface area (Å²) < 4.78 is 0. The van der Waals surface area contributed by atoms with Crippen molar-refractivity contribution >= 4 is 9.24 Å². The predicted octanol–water partition coefficient (Wildman–Crippen LogP) is 4.46. The topological polar surface area (TPSA) is 41.3 Å². The molecule has 1 spiro atoms. The van der Waals surface area contributed by atoms with Crippen LogP contribution < -0.4 is 11.1 Å². The van der Waals surface area contributed by atoms with E-state index < -0.39 is 0 Å². The lowest BCUT2D eigenvalue weighted by Crippen LogP contribution is -2.63. The summed E-state index contributed by atoms with van der Waals surface area (Å²) >= 11 is 0. The Kier molecular flexibility index (Phi) is 6.62. The summed E-state index contributed by atoms with van der Waals surface area (Å²) in [6.45, 7) is 19.6. The number of nitrogens with zero attached hydrogens (tertiary/aromatic N) is 1. The van der Waals surface area contributed by atoms with Gasteiger partial charge in [0.2, 0.25) is 0 Å². The van der Waals surface area contributed by atoms with Crippen LogP contribution in [0, 0.1) is 22.7 Å². The molecule has 0 amide bonds. The van der Waals surface area contributed by atoms with Crippen molar-refractivity contribution in [1.29, 1.82) is 0 Å². The summed E-state index contributed by atoms with van der Waals surface area (Å²) in [5.41, 5.74) is 7.98. The van der Waals surface area contributed by atoms with E-state index in [0.717, 1.165) is 6.42 Å². The fraction of sp³-hybridized carbons (Fsp3) is 1.00. The van der Waals surface area contributed by atoms with Gasteiger partial charge in [-0.25, -0.2) is 0 Å². The molecule has 0 bridgehead atoms. The molecule has 2 aliphatic rings. The monoisotopic (exact) mass is 383 g/mol. The van der Waals surface area contributed by atoms with Crippen molar-refractivity contribution in [3.8, 4) is 0 Å². The van der Waals surface area contributed by atoms with Crippen LogP contribution in [0.25, 0.3) is 0 Å². The first-order chi connectivity index (χ1) is 11.7. The number of hydrogen-bond acceptors (Lipinski definition) is 3. The Morgan fingerprint density at radius 1 is 0.962 bits per heavy atom. The van der Waals surface area contributed by atoms with Gasteiger partial charge in [-0.15, -0.1) is 9.24 Å². The molecule has 0 radical (unpaired) electrons. The van der Waals surface area contributed by atoms with Gasteiger partial charge in [-0.3, -0.25) is 4.90 Å². The average molecular weight is 384 g/mol. The number of likely N-dealkylation sites (tertiary alicyclic amines) is 1. The molecule has 2 fully saturated rings. The van der Waals surface area contributed by atoms with E-state index in [1.54, 1.807) is 0 Å². The molecular formula is C22H46N3P. The van der Waals surface area contributed by atoms with Crippen LogP contribution in [0.2, 0.25) is 0 Å². The predicted molar refractivity (Wildman–Crippen MR) is 118 cm³/mol. The Morgan fingerprint density at radius 3 is 2.12 bits per heavy atom. The SMILES string of the molecule is CC1CC(P)C2(C(C)CC(N)N(C)C(C)CC2(C)C)C(C)CC(C)(C)N1. The van der Waals surface area contributed by atoms with E-state index >= 15 is 0 Å². The van der Waals surface area contributed by atoms with Crippen molar-refractivity contribution in [3.05, 3.63) is 0 Å². The van der Waals surface area contributed by atoms with Crippen LogP contribution in [0.5, 0.6) is 0 Å². The lowest BCUT2D eigenvalue weighted by atomic mass is 9.47. The van der Waals surface area contributed by atoms with E-state index in [4.69, 9.17) is 5.73 Å². The molecule has 8 unspecified atom stereocenters. The summed E-state index contributed by atoms with van der Waals surface area (Å²) in [4.78, 5) is 2.41. The van der Waals surface area contributed by atoms with Gasteiger partial charge in [0.1, 0.15) is 0 Å². The molecule has 0 saturated carbocycles. The van der Waals surface area contributed by atoms with Crippen LogP contribution in [-0.4, -0.2) is 41.4 Å². The minimum atomic E-state index is 0.159. The molecule has 8 atom stereocenters. The molecule has 3 nitrogen and oxygen atoms in total. The van der Waals surface area contributed by atoms with Gasteiger partial charge in [0.25, 0.3) is 0 Å². The molecule has 2 saturated heterocycles. The molecule has 26 heavy (non-hydrogen) atoms. The standard InChI is InChI=1S/C22H46N3P/c1-14-10-19(23)25(9)17(4)13-20(5,6)22(14)15(2)12-21(7,8)24-16(3)11-18(22)26/h14-19,24H,10-13,23,26H2,1-9H3. The van der Waals surface area contributed by atoms with E-state index in [0.29, 0.717) is 29.6 Å². The molecule has 0 aliphatic carbocycles. The van der Waals surface area contributed by atoms with Gasteiger partial charge in [0.05, 0.1) is 6.17 Å². The Morgan fingerprint density at radius 2 is 1.54 bits per heavy atom. The molecular weight excluding hydrogens is 337 g/mol. The number of rotatable bonds is 0. The first-order valence-electron chi connectivity index (χ1n) is 10.8. The van der Waals surface area contributed by atoms with Gasteiger partial charge >= 0.3 is 0 Å². The average Bonchev–Trinajstić information content (AvgIpc) is 2.42. The third-order valence-corrected chi connectivity index (χ3v) is 8.92. The van der Waals surface area contributed by atoms with E-state index in [9.17, 15) is 0 Å². The van der Waals surface area contributed by atoms with E-state index in [1.807, 2.05) is 0 Å². The highest BCUT2D eigenvalue weighted by Crippen LogP contribution is 2.62. The summed E-state index contributed by atoms with van der Waals surface area (Å²) in [5, 5.41) is 3.89.